The van der Waals surface area contributed by atoms with E-state index in [-0.39, 0.29) is 0 Å². The van der Waals surface area contributed by atoms with Crippen LogP contribution in [0.2, 0.25) is 0 Å². The number of hydrogen-bond donors (Lipinski definition) is 2. The number of oxime groups is 1. The van der Waals surface area contributed by atoms with Gasteiger partial charge in [0.05, 0.1) is 16.8 Å². The van der Waals surface area contributed by atoms with Gasteiger partial charge in [0.25, 0.3) is 0 Å². The second-order valence-corrected chi connectivity index (χ2v) is 9.04. The summed E-state index contributed by atoms with van der Waals surface area (Å²) in [6.07, 6.45) is 3.79. The Bertz CT molecular complexity index is 1190. The highest BCUT2D eigenvalue weighted by Gasteiger charge is 2.39. The summed E-state index contributed by atoms with van der Waals surface area (Å²) in [4.78, 5) is 16.3. The van der Waals surface area contributed by atoms with Crippen molar-refractivity contribution in [3.05, 3.63) is 76.2 Å². The Balaban J connectivity index is 1.51. The molecule has 1 unspecified atom stereocenters. The van der Waals surface area contributed by atoms with Crippen molar-refractivity contribution in [2.45, 2.75) is 59.3 Å². The molecule has 2 N–H and O–H groups in total. The highest BCUT2D eigenvalue weighted by molar-refractivity contribution is 6.00. The zero-order valence-corrected chi connectivity index (χ0v) is 19.4. The zero-order chi connectivity index (χ0) is 23.6. The second-order valence-electron chi connectivity index (χ2n) is 9.04. The lowest BCUT2D eigenvalue weighted by Crippen LogP contribution is -2.27. The minimum absolute atomic E-state index is 0.479. The molecule has 6 heteroatoms. The van der Waals surface area contributed by atoms with Gasteiger partial charge in [-0.3, -0.25) is 4.79 Å². The summed E-state index contributed by atoms with van der Waals surface area (Å²) in [7, 11) is 0. The zero-order valence-electron chi connectivity index (χ0n) is 19.4. The number of rotatable bonds is 8. The number of carbonyl (C=O) groups is 1. The van der Waals surface area contributed by atoms with Crippen LogP contribution in [0.3, 0.4) is 0 Å². The van der Waals surface area contributed by atoms with Crippen LogP contribution in [0.4, 0.5) is 0 Å². The third kappa shape index (κ3) is 4.56. The van der Waals surface area contributed by atoms with Gasteiger partial charge in [0.15, 0.2) is 0 Å². The second kappa shape index (κ2) is 9.22. The highest BCUT2D eigenvalue weighted by Crippen LogP contribution is 2.37. The maximum Gasteiger partial charge on any atom is 0.310 e. The predicted octanol–water partition coefficient (Wildman–Crippen LogP) is 5.47. The molecule has 0 spiro atoms. The van der Waals surface area contributed by atoms with E-state index in [1.54, 1.807) is 6.92 Å². The average molecular weight is 447 g/mol. The lowest BCUT2D eigenvalue weighted by atomic mass is 9.87. The van der Waals surface area contributed by atoms with Gasteiger partial charge in [0.1, 0.15) is 5.76 Å². The molecule has 172 valence electrons. The number of oxazole rings is 1. The fraction of sp³-hybridized carbons (Fsp3) is 0.370. The number of fused-ring (bicyclic) bond motifs is 1. The molecule has 1 aromatic heterocycles. The summed E-state index contributed by atoms with van der Waals surface area (Å²) >= 11 is 0. The van der Waals surface area contributed by atoms with Crippen LogP contribution in [0.25, 0.3) is 11.5 Å². The molecule has 0 amide bonds. The third-order valence-electron chi connectivity index (χ3n) is 6.65. The smallest absolute Gasteiger partial charge is 0.310 e. The Morgan fingerprint density at radius 3 is 2.45 bits per heavy atom. The van der Waals surface area contributed by atoms with E-state index in [2.05, 4.69) is 29.2 Å². The number of aliphatic carboxylic acids is 1. The number of carboxylic acid groups (broad SMARTS) is 1. The first-order chi connectivity index (χ1) is 15.9. The van der Waals surface area contributed by atoms with E-state index in [0.717, 1.165) is 46.5 Å². The number of hydrogen-bond acceptors (Lipinski definition) is 5. The van der Waals surface area contributed by atoms with E-state index in [4.69, 9.17) is 4.42 Å². The van der Waals surface area contributed by atoms with Crippen LogP contribution < -0.4 is 0 Å². The van der Waals surface area contributed by atoms with E-state index >= 15 is 0 Å². The Hall–Kier alpha value is -3.41. The van der Waals surface area contributed by atoms with E-state index in [1.807, 2.05) is 37.3 Å². The predicted molar refractivity (Wildman–Crippen MR) is 127 cm³/mol. The molecule has 33 heavy (non-hydrogen) atoms. The Morgan fingerprint density at radius 1 is 1.09 bits per heavy atom. The van der Waals surface area contributed by atoms with Crippen molar-refractivity contribution in [1.29, 1.82) is 0 Å². The van der Waals surface area contributed by atoms with Gasteiger partial charge >= 0.3 is 5.97 Å². The summed E-state index contributed by atoms with van der Waals surface area (Å²) in [5, 5.41) is 22.8. The minimum Gasteiger partial charge on any atom is -0.481 e. The van der Waals surface area contributed by atoms with Gasteiger partial charge in [0, 0.05) is 18.4 Å². The van der Waals surface area contributed by atoms with Gasteiger partial charge in [-0.25, -0.2) is 4.98 Å². The molecule has 1 heterocycles. The summed E-state index contributed by atoms with van der Waals surface area (Å²) in [5.41, 5.74) is 5.75. The molecule has 0 radical (unpaired) electrons. The number of nitrogens with zero attached hydrogens (tertiary/aromatic N) is 2. The summed E-state index contributed by atoms with van der Waals surface area (Å²) in [6, 6.07) is 14.1. The molecule has 1 aliphatic rings. The van der Waals surface area contributed by atoms with Crippen LogP contribution in [-0.4, -0.2) is 27.0 Å². The van der Waals surface area contributed by atoms with E-state index < -0.39 is 11.4 Å². The quantitative estimate of drug-likeness (QED) is 0.272. The Labute approximate surface area is 194 Å². The SMILES string of the molecule is CCc1ccc(-c2nc(CC)c(CC/C(=N\O)c3ccc4c(c3)CC(C)(C(=O)O)C4)o2)cc1. The van der Waals surface area contributed by atoms with Crippen LogP contribution in [0.15, 0.2) is 52.0 Å². The first-order valence-electron chi connectivity index (χ1n) is 11.5. The molecule has 0 saturated heterocycles. The van der Waals surface area contributed by atoms with Crippen molar-refractivity contribution >= 4 is 11.7 Å². The molecular formula is C27H30N2O4. The molecular weight excluding hydrogens is 416 g/mol. The molecule has 0 aliphatic heterocycles. The third-order valence-corrected chi connectivity index (χ3v) is 6.65. The van der Waals surface area contributed by atoms with E-state index in [0.29, 0.717) is 37.3 Å². The van der Waals surface area contributed by atoms with Crippen molar-refractivity contribution in [3.8, 4) is 11.5 Å². The standard InChI is InChI=1S/C27H30N2O4/c1-4-17-6-8-18(9-7-17)25-28-22(5-2)24(33-25)13-12-23(29-32)19-10-11-20-15-27(3,26(30)31)16-21(20)14-19/h6-11,14,32H,4-5,12-13,15-16H2,1-3H3,(H,30,31)/b29-23+. The van der Waals surface area contributed by atoms with E-state index in [9.17, 15) is 15.1 Å². The monoisotopic (exact) mass is 446 g/mol. The first-order valence-corrected chi connectivity index (χ1v) is 11.5. The molecule has 0 fully saturated rings. The molecule has 0 bridgehead atoms. The number of aryl methyl sites for hydroxylation is 3. The van der Waals surface area contributed by atoms with Crippen LogP contribution in [0.1, 0.15) is 60.9 Å². The fourth-order valence-corrected chi connectivity index (χ4v) is 4.54. The number of aromatic nitrogens is 1. The molecule has 2 aromatic carbocycles. The largest absolute Gasteiger partial charge is 0.481 e. The van der Waals surface area contributed by atoms with Gasteiger partial charge < -0.3 is 14.7 Å². The summed E-state index contributed by atoms with van der Waals surface area (Å²) < 4.78 is 6.11. The van der Waals surface area contributed by atoms with Crippen molar-refractivity contribution in [1.82, 2.24) is 4.98 Å². The Morgan fingerprint density at radius 2 is 1.82 bits per heavy atom. The lowest BCUT2D eigenvalue weighted by Gasteiger charge is -2.16. The lowest BCUT2D eigenvalue weighted by molar-refractivity contribution is -0.147. The fourth-order valence-electron chi connectivity index (χ4n) is 4.54. The molecule has 4 rings (SSSR count). The van der Waals surface area contributed by atoms with Gasteiger partial charge in [-0.2, -0.15) is 0 Å². The van der Waals surface area contributed by atoms with E-state index in [1.165, 1.54) is 5.56 Å². The molecule has 0 saturated carbocycles. The van der Waals surface area contributed by atoms with Gasteiger partial charge in [-0.15, -0.1) is 0 Å². The Kier molecular flexibility index (Phi) is 6.36. The molecule has 3 aromatic rings. The molecule has 6 nitrogen and oxygen atoms in total. The average Bonchev–Trinajstić information content (AvgIpc) is 3.40. The van der Waals surface area contributed by atoms with Crippen LogP contribution in [0.5, 0.6) is 0 Å². The number of carboxylic acids is 1. The van der Waals surface area contributed by atoms with Gasteiger partial charge in [0.2, 0.25) is 5.89 Å². The molecule has 1 aliphatic carbocycles. The summed E-state index contributed by atoms with van der Waals surface area (Å²) in [6.45, 7) is 5.95. The minimum atomic E-state index is -0.783. The van der Waals surface area contributed by atoms with Gasteiger partial charge in [-0.05, 0) is 73.1 Å². The topological polar surface area (TPSA) is 95.9 Å². The van der Waals surface area contributed by atoms with Crippen molar-refractivity contribution in [3.63, 3.8) is 0 Å². The first kappa shape index (κ1) is 22.8. The highest BCUT2D eigenvalue weighted by atomic mass is 16.4. The van der Waals surface area contributed by atoms with Crippen LogP contribution in [0, 0.1) is 5.41 Å². The van der Waals surface area contributed by atoms with Crippen LogP contribution >= 0.6 is 0 Å². The number of benzene rings is 2. The van der Waals surface area contributed by atoms with Crippen molar-refractivity contribution < 1.29 is 19.5 Å². The maximum absolute atomic E-state index is 11.6. The molecule has 1 atom stereocenters. The summed E-state index contributed by atoms with van der Waals surface area (Å²) in [5.74, 6) is 0.624. The van der Waals surface area contributed by atoms with Gasteiger partial charge in [-0.1, -0.05) is 43.3 Å². The van der Waals surface area contributed by atoms with Crippen LogP contribution in [-0.2, 0) is 36.9 Å². The van der Waals surface area contributed by atoms with Crippen molar-refractivity contribution in [2.75, 3.05) is 0 Å². The normalized spacial score (nSPS) is 17.8. The maximum atomic E-state index is 11.6. The van der Waals surface area contributed by atoms with Crippen molar-refractivity contribution in [2.24, 2.45) is 10.6 Å².